The molecule has 0 aliphatic heterocycles. The fourth-order valence-corrected chi connectivity index (χ4v) is 2.16. The van der Waals surface area contributed by atoms with Gasteiger partial charge in [0.1, 0.15) is 0 Å². The third-order valence-corrected chi connectivity index (χ3v) is 3.29. The summed E-state index contributed by atoms with van der Waals surface area (Å²) in [4.78, 5) is 4.05. The van der Waals surface area contributed by atoms with Crippen molar-refractivity contribution in [1.82, 2.24) is 4.98 Å². The lowest BCUT2D eigenvalue weighted by Crippen LogP contribution is -1.86. The minimum Gasteiger partial charge on any atom is -0.265 e. The lowest BCUT2D eigenvalue weighted by atomic mass is 10.0. The van der Waals surface area contributed by atoms with Crippen LogP contribution in [-0.4, -0.2) is 4.98 Å². The van der Waals surface area contributed by atoms with Crippen molar-refractivity contribution in [1.29, 1.82) is 0 Å². The zero-order valence-electron chi connectivity index (χ0n) is 11.1. The first-order valence-electron chi connectivity index (χ1n) is 6.89. The van der Waals surface area contributed by atoms with Crippen molar-refractivity contribution in [2.24, 2.45) is 0 Å². The Morgan fingerprint density at radius 1 is 0.778 bits per heavy atom. The highest BCUT2D eigenvalue weighted by molar-refractivity contribution is 5.62. The molecule has 0 unspecified atom stereocenters. The Morgan fingerprint density at radius 3 is 2.11 bits per heavy atom. The largest absolute Gasteiger partial charge is 0.265 e. The molecule has 0 saturated heterocycles. The quantitative estimate of drug-likeness (QED) is 0.655. The highest BCUT2D eigenvalue weighted by Crippen LogP contribution is 2.19. The summed E-state index contributed by atoms with van der Waals surface area (Å²) in [6.45, 7) is 2.25. The maximum absolute atomic E-state index is 4.05. The standard InChI is InChI=1S/C17H21N/c1-2-3-4-5-6-15-7-9-16(10-8-15)17-11-13-18-14-12-17/h7-14H,2-6H2,1H3. The third-order valence-electron chi connectivity index (χ3n) is 3.29. The molecule has 0 spiro atoms. The molecule has 1 aromatic heterocycles. The van der Waals surface area contributed by atoms with Gasteiger partial charge in [0.2, 0.25) is 0 Å². The van der Waals surface area contributed by atoms with E-state index in [1.165, 1.54) is 48.8 Å². The van der Waals surface area contributed by atoms with Crippen LogP contribution in [0.1, 0.15) is 38.2 Å². The van der Waals surface area contributed by atoms with E-state index in [0.717, 1.165) is 0 Å². The minimum absolute atomic E-state index is 1.20. The Hall–Kier alpha value is -1.63. The van der Waals surface area contributed by atoms with Gasteiger partial charge in [-0.3, -0.25) is 4.98 Å². The van der Waals surface area contributed by atoms with Gasteiger partial charge < -0.3 is 0 Å². The van der Waals surface area contributed by atoms with E-state index in [4.69, 9.17) is 0 Å². The molecule has 0 fully saturated rings. The van der Waals surface area contributed by atoms with Crippen LogP contribution in [0.3, 0.4) is 0 Å². The summed E-state index contributed by atoms with van der Waals surface area (Å²) in [6.07, 6.45) is 10.2. The van der Waals surface area contributed by atoms with E-state index in [1.807, 2.05) is 12.4 Å². The SMILES string of the molecule is CCCCCCc1ccc(-c2ccncc2)cc1. The molecule has 1 nitrogen and oxygen atoms in total. The number of hydrogen-bond donors (Lipinski definition) is 0. The number of nitrogens with zero attached hydrogens (tertiary/aromatic N) is 1. The highest BCUT2D eigenvalue weighted by atomic mass is 14.6. The molecule has 0 saturated carbocycles. The van der Waals surface area contributed by atoms with E-state index in [1.54, 1.807) is 0 Å². The van der Waals surface area contributed by atoms with Crippen molar-refractivity contribution in [2.45, 2.75) is 39.0 Å². The molecule has 18 heavy (non-hydrogen) atoms. The highest BCUT2D eigenvalue weighted by Gasteiger charge is 1.97. The second kappa shape index (κ2) is 6.95. The van der Waals surface area contributed by atoms with Gasteiger partial charge in [0.05, 0.1) is 0 Å². The first-order chi connectivity index (χ1) is 8.90. The van der Waals surface area contributed by atoms with Crippen LogP contribution < -0.4 is 0 Å². The van der Waals surface area contributed by atoms with Gasteiger partial charge >= 0.3 is 0 Å². The third kappa shape index (κ3) is 3.69. The van der Waals surface area contributed by atoms with E-state index in [9.17, 15) is 0 Å². The van der Waals surface area contributed by atoms with E-state index in [0.29, 0.717) is 0 Å². The molecule has 0 aliphatic rings. The smallest absolute Gasteiger partial charge is 0.0273 e. The zero-order valence-corrected chi connectivity index (χ0v) is 11.1. The molecule has 94 valence electrons. The summed E-state index contributed by atoms with van der Waals surface area (Å²) < 4.78 is 0. The molecular formula is C17H21N. The molecule has 1 aromatic carbocycles. The van der Waals surface area contributed by atoms with E-state index in [2.05, 4.69) is 48.3 Å². The van der Waals surface area contributed by atoms with Crippen molar-refractivity contribution < 1.29 is 0 Å². The van der Waals surface area contributed by atoms with Gasteiger partial charge in [-0.05, 0) is 41.7 Å². The maximum atomic E-state index is 4.05. The number of unbranched alkanes of at least 4 members (excludes halogenated alkanes) is 3. The average Bonchev–Trinajstić information content (AvgIpc) is 2.45. The number of rotatable bonds is 6. The van der Waals surface area contributed by atoms with Crippen LogP contribution in [0, 0.1) is 0 Å². The molecule has 2 rings (SSSR count). The number of aromatic nitrogens is 1. The Morgan fingerprint density at radius 2 is 1.44 bits per heavy atom. The molecule has 0 amide bonds. The lowest BCUT2D eigenvalue weighted by Gasteiger charge is -2.04. The summed E-state index contributed by atoms with van der Waals surface area (Å²) >= 11 is 0. The van der Waals surface area contributed by atoms with Crippen molar-refractivity contribution >= 4 is 0 Å². The Balaban J connectivity index is 1.94. The number of pyridine rings is 1. The monoisotopic (exact) mass is 239 g/mol. The van der Waals surface area contributed by atoms with Crippen LogP contribution >= 0.6 is 0 Å². The van der Waals surface area contributed by atoms with Crippen molar-refractivity contribution in [3.8, 4) is 11.1 Å². The van der Waals surface area contributed by atoms with Gasteiger partial charge in [0, 0.05) is 12.4 Å². The molecule has 0 atom stereocenters. The molecule has 0 radical (unpaired) electrons. The molecule has 2 aromatic rings. The topological polar surface area (TPSA) is 12.9 Å². The molecule has 1 heteroatoms. The van der Waals surface area contributed by atoms with Crippen molar-refractivity contribution in [2.75, 3.05) is 0 Å². The van der Waals surface area contributed by atoms with Crippen LogP contribution in [0.5, 0.6) is 0 Å². The molecule has 0 N–H and O–H groups in total. The van der Waals surface area contributed by atoms with Gasteiger partial charge in [-0.1, -0.05) is 50.5 Å². The summed E-state index contributed by atoms with van der Waals surface area (Å²) in [6, 6.07) is 13.0. The van der Waals surface area contributed by atoms with Crippen LogP contribution in [-0.2, 0) is 6.42 Å². The Kier molecular flexibility index (Phi) is 4.95. The second-order valence-electron chi connectivity index (χ2n) is 4.74. The molecular weight excluding hydrogens is 218 g/mol. The van der Waals surface area contributed by atoms with Gasteiger partial charge in [0.25, 0.3) is 0 Å². The summed E-state index contributed by atoms with van der Waals surface area (Å²) in [7, 11) is 0. The molecule has 0 bridgehead atoms. The number of hydrogen-bond acceptors (Lipinski definition) is 1. The normalized spacial score (nSPS) is 10.5. The Labute approximate surface area is 110 Å². The first kappa shape index (κ1) is 12.8. The number of aryl methyl sites for hydroxylation is 1. The fourth-order valence-electron chi connectivity index (χ4n) is 2.16. The maximum Gasteiger partial charge on any atom is 0.0273 e. The average molecular weight is 239 g/mol. The molecule has 1 heterocycles. The van der Waals surface area contributed by atoms with Gasteiger partial charge in [-0.25, -0.2) is 0 Å². The first-order valence-corrected chi connectivity index (χ1v) is 6.89. The predicted octanol–water partition coefficient (Wildman–Crippen LogP) is 4.87. The van der Waals surface area contributed by atoms with Crippen molar-refractivity contribution in [3.63, 3.8) is 0 Å². The second-order valence-corrected chi connectivity index (χ2v) is 4.74. The van der Waals surface area contributed by atoms with Crippen LogP contribution in [0.2, 0.25) is 0 Å². The van der Waals surface area contributed by atoms with E-state index >= 15 is 0 Å². The minimum atomic E-state index is 1.20. The number of benzene rings is 1. The van der Waals surface area contributed by atoms with Crippen molar-refractivity contribution in [3.05, 3.63) is 54.4 Å². The van der Waals surface area contributed by atoms with E-state index in [-0.39, 0.29) is 0 Å². The summed E-state index contributed by atoms with van der Waals surface area (Å²) in [5.74, 6) is 0. The zero-order chi connectivity index (χ0) is 12.6. The summed E-state index contributed by atoms with van der Waals surface area (Å²) in [5, 5.41) is 0. The van der Waals surface area contributed by atoms with E-state index < -0.39 is 0 Å². The molecule has 0 aliphatic carbocycles. The lowest BCUT2D eigenvalue weighted by molar-refractivity contribution is 0.667. The van der Waals surface area contributed by atoms with Crippen LogP contribution in [0.25, 0.3) is 11.1 Å². The van der Waals surface area contributed by atoms with Gasteiger partial charge in [-0.2, -0.15) is 0 Å². The predicted molar refractivity (Wildman–Crippen MR) is 77.5 cm³/mol. The van der Waals surface area contributed by atoms with Gasteiger partial charge in [0.15, 0.2) is 0 Å². The fraction of sp³-hybridized carbons (Fsp3) is 0.353. The van der Waals surface area contributed by atoms with Crippen LogP contribution in [0.4, 0.5) is 0 Å². The summed E-state index contributed by atoms with van der Waals surface area (Å²) in [5.41, 5.74) is 3.96. The van der Waals surface area contributed by atoms with Gasteiger partial charge in [-0.15, -0.1) is 0 Å². The Bertz CT molecular complexity index is 445. The van der Waals surface area contributed by atoms with Crippen LogP contribution in [0.15, 0.2) is 48.8 Å².